The monoisotopic (exact) mass is 399 g/mol. The van der Waals surface area contributed by atoms with E-state index in [1.54, 1.807) is 0 Å². The first-order chi connectivity index (χ1) is 14.0. The maximum Gasteiger partial charge on any atom is 0.254 e. The van der Waals surface area contributed by atoms with Crippen molar-refractivity contribution in [2.24, 2.45) is 11.8 Å². The standard InChI is InChI=1S/C24H37N3O2/c1-18(2)8-13-25-23(28)20-9-14-26(15-10-20)21-11-16-27(17-12-21)24(29)22-7-5-4-6-19(22)3/h4-7,18,20-21H,8-17H2,1-3H3,(H,25,28). The molecule has 2 amide bonds. The van der Waals surface area contributed by atoms with E-state index < -0.39 is 0 Å². The summed E-state index contributed by atoms with van der Waals surface area (Å²) < 4.78 is 0. The third-order valence-corrected chi connectivity index (χ3v) is 6.56. The Hall–Kier alpha value is -1.88. The molecule has 0 spiro atoms. The highest BCUT2D eigenvalue weighted by Gasteiger charge is 2.31. The van der Waals surface area contributed by atoms with E-state index in [1.165, 1.54) is 0 Å². The van der Waals surface area contributed by atoms with Gasteiger partial charge in [-0.05, 0) is 69.7 Å². The van der Waals surface area contributed by atoms with Gasteiger partial charge in [-0.15, -0.1) is 0 Å². The van der Waals surface area contributed by atoms with Gasteiger partial charge in [-0.1, -0.05) is 32.0 Å². The predicted molar refractivity (Wildman–Crippen MR) is 117 cm³/mol. The summed E-state index contributed by atoms with van der Waals surface area (Å²) in [6.07, 6.45) is 5.02. The maximum absolute atomic E-state index is 12.8. The molecule has 29 heavy (non-hydrogen) atoms. The molecule has 1 aromatic rings. The van der Waals surface area contributed by atoms with E-state index in [1.807, 2.05) is 36.1 Å². The van der Waals surface area contributed by atoms with Crippen molar-refractivity contribution in [3.8, 4) is 0 Å². The fourth-order valence-corrected chi connectivity index (χ4v) is 4.57. The van der Waals surface area contributed by atoms with E-state index in [2.05, 4.69) is 24.1 Å². The second-order valence-electron chi connectivity index (χ2n) is 9.12. The third kappa shape index (κ3) is 5.81. The van der Waals surface area contributed by atoms with E-state index in [0.29, 0.717) is 12.0 Å². The second kappa shape index (κ2) is 10.2. The first-order valence-corrected chi connectivity index (χ1v) is 11.3. The van der Waals surface area contributed by atoms with E-state index in [-0.39, 0.29) is 17.7 Å². The summed E-state index contributed by atoms with van der Waals surface area (Å²) in [5, 5.41) is 3.11. The number of amides is 2. The first-order valence-electron chi connectivity index (χ1n) is 11.3. The number of aryl methyl sites for hydroxylation is 1. The number of carbonyl (C=O) groups is 2. The molecule has 3 rings (SSSR count). The molecule has 0 aliphatic carbocycles. The van der Waals surface area contributed by atoms with Crippen LogP contribution >= 0.6 is 0 Å². The number of hydrogen-bond acceptors (Lipinski definition) is 3. The zero-order valence-electron chi connectivity index (χ0n) is 18.3. The zero-order chi connectivity index (χ0) is 20.8. The highest BCUT2D eigenvalue weighted by Crippen LogP contribution is 2.25. The smallest absolute Gasteiger partial charge is 0.254 e. The number of piperidine rings is 2. The van der Waals surface area contributed by atoms with Crippen molar-refractivity contribution in [2.45, 2.75) is 58.9 Å². The Balaban J connectivity index is 1.41. The van der Waals surface area contributed by atoms with E-state index >= 15 is 0 Å². The summed E-state index contributed by atoms with van der Waals surface area (Å²) in [5.41, 5.74) is 1.88. The number of likely N-dealkylation sites (tertiary alicyclic amines) is 2. The van der Waals surface area contributed by atoms with Gasteiger partial charge in [0.1, 0.15) is 0 Å². The number of hydrogen-bond donors (Lipinski definition) is 1. The molecule has 0 radical (unpaired) electrons. The molecule has 0 bridgehead atoms. The summed E-state index contributed by atoms with van der Waals surface area (Å²) in [5.74, 6) is 1.20. The van der Waals surface area contributed by atoms with Crippen molar-refractivity contribution in [1.82, 2.24) is 15.1 Å². The quantitative estimate of drug-likeness (QED) is 0.797. The maximum atomic E-state index is 12.8. The molecule has 0 atom stereocenters. The summed E-state index contributed by atoms with van der Waals surface area (Å²) in [6.45, 7) is 10.8. The van der Waals surface area contributed by atoms with Gasteiger partial charge >= 0.3 is 0 Å². The lowest BCUT2D eigenvalue weighted by Gasteiger charge is -2.41. The van der Waals surface area contributed by atoms with Gasteiger partial charge < -0.3 is 15.1 Å². The van der Waals surface area contributed by atoms with Gasteiger partial charge in [-0.2, -0.15) is 0 Å². The summed E-state index contributed by atoms with van der Waals surface area (Å²) >= 11 is 0. The van der Waals surface area contributed by atoms with Crippen LogP contribution in [0.1, 0.15) is 61.9 Å². The molecule has 2 fully saturated rings. The first kappa shape index (κ1) is 21.8. The molecule has 1 N–H and O–H groups in total. The van der Waals surface area contributed by atoms with Crippen LogP contribution in [0.15, 0.2) is 24.3 Å². The van der Waals surface area contributed by atoms with Crippen LogP contribution in [-0.4, -0.2) is 60.4 Å². The Labute approximate surface area is 175 Å². The number of benzene rings is 1. The fraction of sp³-hybridized carbons (Fsp3) is 0.667. The van der Waals surface area contributed by atoms with Crippen LogP contribution < -0.4 is 5.32 Å². The minimum absolute atomic E-state index is 0.165. The van der Waals surface area contributed by atoms with Crippen LogP contribution in [-0.2, 0) is 4.79 Å². The average Bonchev–Trinajstić information content (AvgIpc) is 2.73. The Morgan fingerprint density at radius 2 is 1.69 bits per heavy atom. The number of nitrogens with one attached hydrogen (secondary N) is 1. The highest BCUT2D eigenvalue weighted by atomic mass is 16.2. The minimum Gasteiger partial charge on any atom is -0.356 e. The topological polar surface area (TPSA) is 52.7 Å². The summed E-state index contributed by atoms with van der Waals surface area (Å²) in [4.78, 5) is 29.7. The SMILES string of the molecule is Cc1ccccc1C(=O)N1CCC(N2CCC(C(=O)NCCC(C)C)CC2)CC1. The number of rotatable bonds is 6. The molecule has 5 nitrogen and oxygen atoms in total. The number of nitrogens with zero attached hydrogens (tertiary/aromatic N) is 2. The lowest BCUT2D eigenvalue weighted by Crippen LogP contribution is -2.50. The lowest BCUT2D eigenvalue weighted by molar-refractivity contribution is -0.126. The van der Waals surface area contributed by atoms with E-state index in [4.69, 9.17) is 0 Å². The highest BCUT2D eigenvalue weighted by molar-refractivity contribution is 5.95. The van der Waals surface area contributed by atoms with Gasteiger partial charge in [-0.3, -0.25) is 9.59 Å². The Kier molecular flexibility index (Phi) is 7.70. The van der Waals surface area contributed by atoms with Crippen molar-refractivity contribution in [3.05, 3.63) is 35.4 Å². The molecule has 1 aromatic carbocycles. The van der Waals surface area contributed by atoms with Crippen LogP contribution in [0.5, 0.6) is 0 Å². The zero-order valence-corrected chi connectivity index (χ0v) is 18.3. The number of carbonyl (C=O) groups excluding carboxylic acids is 2. The molecule has 0 saturated carbocycles. The van der Waals surface area contributed by atoms with Crippen molar-refractivity contribution < 1.29 is 9.59 Å². The normalized spacial score (nSPS) is 19.5. The molecule has 0 unspecified atom stereocenters. The largest absolute Gasteiger partial charge is 0.356 e. The average molecular weight is 400 g/mol. The van der Waals surface area contributed by atoms with Crippen molar-refractivity contribution >= 4 is 11.8 Å². The third-order valence-electron chi connectivity index (χ3n) is 6.56. The van der Waals surface area contributed by atoms with Crippen LogP contribution in [0, 0.1) is 18.8 Å². The molecule has 2 aliphatic heterocycles. The van der Waals surface area contributed by atoms with Gasteiger partial charge in [0.25, 0.3) is 5.91 Å². The Bertz CT molecular complexity index is 687. The van der Waals surface area contributed by atoms with E-state index in [9.17, 15) is 9.59 Å². The van der Waals surface area contributed by atoms with E-state index in [0.717, 1.165) is 76.0 Å². The molecule has 2 aliphatic rings. The van der Waals surface area contributed by atoms with Gasteiger partial charge in [-0.25, -0.2) is 0 Å². The van der Waals surface area contributed by atoms with Crippen LogP contribution in [0.4, 0.5) is 0 Å². The van der Waals surface area contributed by atoms with Gasteiger partial charge in [0.2, 0.25) is 5.91 Å². The molecule has 5 heteroatoms. The fourth-order valence-electron chi connectivity index (χ4n) is 4.57. The molecule has 160 valence electrons. The lowest BCUT2D eigenvalue weighted by atomic mass is 9.92. The summed E-state index contributed by atoms with van der Waals surface area (Å²) in [6, 6.07) is 8.40. The Morgan fingerprint density at radius 3 is 2.31 bits per heavy atom. The second-order valence-corrected chi connectivity index (χ2v) is 9.12. The molecule has 2 saturated heterocycles. The molecular weight excluding hydrogens is 362 g/mol. The van der Waals surface area contributed by atoms with Crippen LogP contribution in [0.2, 0.25) is 0 Å². The van der Waals surface area contributed by atoms with Crippen molar-refractivity contribution in [2.75, 3.05) is 32.7 Å². The molecular formula is C24H37N3O2. The van der Waals surface area contributed by atoms with Gasteiger partial charge in [0, 0.05) is 37.2 Å². The summed E-state index contributed by atoms with van der Waals surface area (Å²) in [7, 11) is 0. The van der Waals surface area contributed by atoms with Gasteiger partial charge in [0.05, 0.1) is 0 Å². The molecule has 2 heterocycles. The predicted octanol–water partition coefficient (Wildman–Crippen LogP) is 3.47. The van der Waals surface area contributed by atoms with Gasteiger partial charge in [0.15, 0.2) is 0 Å². The van der Waals surface area contributed by atoms with Crippen molar-refractivity contribution in [3.63, 3.8) is 0 Å². The van der Waals surface area contributed by atoms with Crippen LogP contribution in [0.3, 0.4) is 0 Å². The molecule has 0 aromatic heterocycles. The Morgan fingerprint density at radius 1 is 1.03 bits per heavy atom. The minimum atomic E-state index is 0.165. The van der Waals surface area contributed by atoms with Crippen LogP contribution in [0.25, 0.3) is 0 Å². The van der Waals surface area contributed by atoms with Crippen molar-refractivity contribution in [1.29, 1.82) is 0 Å².